The van der Waals surface area contributed by atoms with Crippen LogP contribution in [-0.4, -0.2) is 28.7 Å². The van der Waals surface area contributed by atoms with E-state index in [-0.39, 0.29) is 12.0 Å². The smallest absolute Gasteiger partial charge is 0.279 e. The molecule has 4 rings (SSSR count). The normalized spacial score (nSPS) is 11.7. The van der Waals surface area contributed by atoms with Gasteiger partial charge in [-0.25, -0.2) is 4.39 Å². The van der Waals surface area contributed by atoms with E-state index < -0.39 is 29.6 Å². The summed E-state index contributed by atoms with van der Waals surface area (Å²) in [5.41, 5.74) is 6.68. The number of halogens is 1. The number of thiophene rings is 1. The van der Waals surface area contributed by atoms with Gasteiger partial charge in [0.05, 0.1) is 4.88 Å². The van der Waals surface area contributed by atoms with Crippen molar-refractivity contribution in [3.63, 3.8) is 0 Å². The van der Waals surface area contributed by atoms with Gasteiger partial charge in [-0.2, -0.15) is 0 Å². The van der Waals surface area contributed by atoms with Crippen LogP contribution in [0.5, 0.6) is 0 Å². The molecule has 4 N–H and O–H groups in total. The van der Waals surface area contributed by atoms with E-state index in [1.165, 1.54) is 35.6 Å². The zero-order valence-electron chi connectivity index (χ0n) is 16.7. The predicted molar refractivity (Wildman–Crippen MR) is 120 cm³/mol. The lowest BCUT2D eigenvalue weighted by molar-refractivity contribution is -0.123. The number of amides is 3. The van der Waals surface area contributed by atoms with Crippen molar-refractivity contribution in [2.75, 3.05) is 0 Å². The molecule has 1 atom stereocenters. The maximum Gasteiger partial charge on any atom is 0.279 e. The average Bonchev–Trinajstić information content (AvgIpc) is 3.48. The number of hydrogen-bond donors (Lipinski definition) is 4. The van der Waals surface area contributed by atoms with E-state index >= 15 is 0 Å². The van der Waals surface area contributed by atoms with E-state index in [9.17, 15) is 18.8 Å². The van der Waals surface area contributed by atoms with Crippen molar-refractivity contribution in [1.82, 2.24) is 21.2 Å². The van der Waals surface area contributed by atoms with Crippen LogP contribution in [0, 0.1) is 5.82 Å². The van der Waals surface area contributed by atoms with Crippen LogP contribution in [0.25, 0.3) is 10.9 Å². The van der Waals surface area contributed by atoms with Crippen LogP contribution in [0.3, 0.4) is 0 Å². The van der Waals surface area contributed by atoms with Crippen LogP contribution in [0.15, 0.2) is 72.2 Å². The largest absolute Gasteiger partial charge is 0.361 e. The van der Waals surface area contributed by atoms with E-state index in [1.807, 2.05) is 24.3 Å². The first-order chi connectivity index (χ1) is 15.5. The Bertz CT molecular complexity index is 1250. The highest BCUT2D eigenvalue weighted by molar-refractivity contribution is 7.12. The molecule has 32 heavy (non-hydrogen) atoms. The van der Waals surface area contributed by atoms with Gasteiger partial charge >= 0.3 is 0 Å². The number of carbonyl (C=O) groups excluding carboxylic acids is 3. The maximum absolute atomic E-state index is 13.2. The van der Waals surface area contributed by atoms with E-state index in [1.54, 1.807) is 23.7 Å². The van der Waals surface area contributed by atoms with Gasteiger partial charge in [-0.05, 0) is 47.3 Å². The predicted octanol–water partition coefficient (Wildman–Crippen LogP) is 3.17. The molecule has 0 aliphatic carbocycles. The number of benzene rings is 2. The van der Waals surface area contributed by atoms with Crippen LogP contribution < -0.4 is 16.2 Å². The molecule has 9 heteroatoms. The van der Waals surface area contributed by atoms with Crippen molar-refractivity contribution in [1.29, 1.82) is 0 Å². The molecule has 7 nitrogen and oxygen atoms in total. The zero-order valence-corrected chi connectivity index (χ0v) is 17.5. The number of carbonyl (C=O) groups is 3. The zero-order chi connectivity index (χ0) is 22.5. The number of fused-ring (bicyclic) bond motifs is 1. The highest BCUT2D eigenvalue weighted by Crippen LogP contribution is 2.19. The third-order valence-corrected chi connectivity index (χ3v) is 5.74. The van der Waals surface area contributed by atoms with Crippen molar-refractivity contribution < 1.29 is 18.8 Å². The van der Waals surface area contributed by atoms with Gasteiger partial charge in [0, 0.05) is 29.1 Å². The van der Waals surface area contributed by atoms with E-state index in [2.05, 4.69) is 21.2 Å². The summed E-state index contributed by atoms with van der Waals surface area (Å²) in [6, 6.07) is 15.0. The van der Waals surface area contributed by atoms with Crippen LogP contribution in [0.2, 0.25) is 0 Å². The van der Waals surface area contributed by atoms with Crippen molar-refractivity contribution in [2.45, 2.75) is 12.5 Å². The van der Waals surface area contributed by atoms with Gasteiger partial charge in [-0.3, -0.25) is 25.2 Å². The standard InChI is InChI=1S/C23H19FN4O3S/c24-16-9-7-14(8-10-16)21(29)26-19(12-15-13-25-18-5-2-1-4-17(15)18)22(30)27-28-23(31)20-6-3-11-32-20/h1-11,13,19,25H,12H2,(H,26,29)(H,27,30)(H,28,31)/t19-/m1/s1. The Hall–Kier alpha value is -3.98. The van der Waals surface area contributed by atoms with Crippen LogP contribution >= 0.6 is 11.3 Å². The fourth-order valence-electron chi connectivity index (χ4n) is 3.25. The van der Waals surface area contributed by atoms with E-state index in [0.29, 0.717) is 4.88 Å². The topological polar surface area (TPSA) is 103 Å². The van der Waals surface area contributed by atoms with Crippen molar-refractivity contribution in [2.24, 2.45) is 0 Å². The number of H-pyrrole nitrogens is 1. The molecule has 2 aromatic carbocycles. The molecule has 4 aromatic rings. The lowest BCUT2D eigenvalue weighted by atomic mass is 10.0. The van der Waals surface area contributed by atoms with Crippen LogP contribution in [0.1, 0.15) is 25.6 Å². The third kappa shape index (κ3) is 4.84. The second kappa shape index (κ2) is 9.44. The fraction of sp³-hybridized carbons (Fsp3) is 0.0870. The van der Waals surface area contributed by atoms with Crippen molar-refractivity contribution in [3.8, 4) is 0 Å². The minimum absolute atomic E-state index is 0.178. The van der Waals surface area contributed by atoms with Gasteiger partial charge in [-0.1, -0.05) is 24.3 Å². The summed E-state index contributed by atoms with van der Waals surface area (Å²) in [6.45, 7) is 0. The molecule has 0 saturated heterocycles. The maximum atomic E-state index is 13.2. The minimum Gasteiger partial charge on any atom is -0.361 e. The lowest BCUT2D eigenvalue weighted by Crippen LogP contribution is -2.53. The molecule has 0 bridgehead atoms. The number of aromatic amines is 1. The second-order valence-electron chi connectivity index (χ2n) is 7.02. The number of para-hydroxylation sites is 1. The number of nitrogens with one attached hydrogen (secondary N) is 4. The molecule has 0 aliphatic heterocycles. The number of hydrogen-bond acceptors (Lipinski definition) is 4. The Kier molecular flexibility index (Phi) is 6.27. The first kappa shape index (κ1) is 21.3. The summed E-state index contributed by atoms with van der Waals surface area (Å²) < 4.78 is 13.2. The van der Waals surface area contributed by atoms with Gasteiger partial charge in [0.15, 0.2) is 0 Å². The molecule has 0 aliphatic rings. The Morgan fingerprint density at radius 3 is 2.47 bits per heavy atom. The molecular weight excluding hydrogens is 431 g/mol. The van der Waals surface area contributed by atoms with Gasteiger partial charge in [0.1, 0.15) is 11.9 Å². The molecule has 0 saturated carbocycles. The van der Waals surface area contributed by atoms with Gasteiger partial charge in [-0.15, -0.1) is 11.3 Å². The van der Waals surface area contributed by atoms with Crippen molar-refractivity contribution >= 4 is 40.0 Å². The molecular formula is C23H19FN4O3S. The molecule has 162 valence electrons. The molecule has 0 unspecified atom stereocenters. The van der Waals surface area contributed by atoms with E-state index in [0.717, 1.165) is 16.5 Å². The lowest BCUT2D eigenvalue weighted by Gasteiger charge is -2.18. The number of hydrazine groups is 1. The van der Waals surface area contributed by atoms with Crippen molar-refractivity contribution in [3.05, 3.63) is 94.1 Å². The summed E-state index contributed by atoms with van der Waals surface area (Å²) in [5, 5.41) is 5.35. The Labute approximate surface area is 186 Å². The fourth-order valence-corrected chi connectivity index (χ4v) is 3.87. The van der Waals surface area contributed by atoms with Crippen LogP contribution in [0.4, 0.5) is 4.39 Å². The third-order valence-electron chi connectivity index (χ3n) is 4.87. The average molecular weight is 450 g/mol. The minimum atomic E-state index is -0.990. The first-order valence-electron chi connectivity index (χ1n) is 9.76. The second-order valence-corrected chi connectivity index (χ2v) is 7.96. The summed E-state index contributed by atoms with van der Waals surface area (Å²) in [7, 11) is 0. The summed E-state index contributed by atoms with van der Waals surface area (Å²) in [4.78, 5) is 41.3. The quantitative estimate of drug-likeness (QED) is 0.339. The number of rotatable bonds is 6. The molecule has 3 amide bonds. The molecule has 0 radical (unpaired) electrons. The summed E-state index contributed by atoms with van der Waals surface area (Å²) >= 11 is 1.24. The molecule has 2 aromatic heterocycles. The Morgan fingerprint density at radius 1 is 0.938 bits per heavy atom. The van der Waals surface area contributed by atoms with Crippen LogP contribution in [-0.2, 0) is 11.2 Å². The molecule has 0 fully saturated rings. The van der Waals surface area contributed by atoms with E-state index in [4.69, 9.17) is 0 Å². The van der Waals surface area contributed by atoms with Gasteiger partial charge < -0.3 is 10.3 Å². The van der Waals surface area contributed by atoms with Gasteiger partial charge in [0.25, 0.3) is 17.7 Å². The summed E-state index contributed by atoms with van der Waals surface area (Å²) in [6.07, 6.45) is 1.96. The Balaban J connectivity index is 1.52. The Morgan fingerprint density at radius 2 is 1.72 bits per heavy atom. The van der Waals surface area contributed by atoms with Gasteiger partial charge in [0.2, 0.25) is 0 Å². The molecule has 0 spiro atoms. The summed E-state index contributed by atoms with van der Waals surface area (Å²) in [5.74, 6) is -2.04. The molecule has 2 heterocycles. The number of aromatic nitrogens is 1. The highest BCUT2D eigenvalue weighted by atomic mass is 32.1. The highest BCUT2D eigenvalue weighted by Gasteiger charge is 2.24. The first-order valence-corrected chi connectivity index (χ1v) is 10.6. The monoisotopic (exact) mass is 450 g/mol. The SMILES string of the molecule is O=C(N[C@H](Cc1c[nH]c2ccccc12)C(=O)NNC(=O)c1cccs1)c1ccc(F)cc1.